The smallest absolute Gasteiger partial charge is 0.418 e. The number of carbonyl (C=O) groups excluding carboxylic acids is 2. The van der Waals surface area contributed by atoms with Crippen LogP contribution in [0.3, 0.4) is 0 Å². The Labute approximate surface area is 166 Å². The number of ether oxygens (including phenoxy) is 3. The molecule has 2 fully saturated rings. The fourth-order valence-electron chi connectivity index (χ4n) is 3.93. The molecule has 28 heavy (non-hydrogen) atoms. The minimum absolute atomic E-state index is 0.259. The van der Waals surface area contributed by atoms with E-state index in [-0.39, 0.29) is 12.1 Å². The van der Waals surface area contributed by atoms with Gasteiger partial charge in [0.25, 0.3) is 0 Å². The largest absolute Gasteiger partial charge is 0.493 e. The summed E-state index contributed by atoms with van der Waals surface area (Å²) in [5, 5.41) is 0.576. The van der Waals surface area contributed by atoms with Crippen molar-refractivity contribution in [1.29, 1.82) is 0 Å². The van der Waals surface area contributed by atoms with Crippen LogP contribution in [0.5, 0.6) is 5.75 Å². The van der Waals surface area contributed by atoms with E-state index < -0.39 is 17.7 Å². The van der Waals surface area contributed by atoms with Crippen LogP contribution in [0.4, 0.5) is 14.7 Å². The highest BCUT2D eigenvalue weighted by Crippen LogP contribution is 2.41. The van der Waals surface area contributed by atoms with Gasteiger partial charge in [0.15, 0.2) is 5.13 Å². The average molecular weight is 403 g/mol. The van der Waals surface area contributed by atoms with E-state index in [4.69, 9.17) is 19.2 Å². The molecule has 3 amide bonds. The van der Waals surface area contributed by atoms with Crippen molar-refractivity contribution >= 4 is 38.8 Å². The Morgan fingerprint density at radius 3 is 2.86 bits per heavy atom. The molecule has 0 aliphatic carbocycles. The Morgan fingerprint density at radius 2 is 2.07 bits per heavy atom. The molecule has 8 nitrogen and oxygen atoms in total. The number of thiazole rings is 1. The third kappa shape index (κ3) is 2.64. The van der Waals surface area contributed by atoms with Gasteiger partial charge in [-0.3, -0.25) is 4.90 Å². The van der Waals surface area contributed by atoms with Gasteiger partial charge in [0.2, 0.25) is 0 Å². The first kappa shape index (κ1) is 17.7. The highest BCUT2D eigenvalue weighted by atomic mass is 32.1. The summed E-state index contributed by atoms with van der Waals surface area (Å²) in [5.41, 5.74) is 1.26. The maximum atomic E-state index is 13.2. The van der Waals surface area contributed by atoms with Crippen LogP contribution in [0.2, 0.25) is 0 Å². The van der Waals surface area contributed by atoms with Gasteiger partial charge in [0.1, 0.15) is 11.4 Å². The van der Waals surface area contributed by atoms with Gasteiger partial charge >= 0.3 is 12.1 Å². The number of urea groups is 1. The molecule has 0 unspecified atom stereocenters. The molecule has 3 aliphatic rings. The van der Waals surface area contributed by atoms with Gasteiger partial charge < -0.3 is 14.2 Å². The van der Waals surface area contributed by atoms with E-state index in [0.29, 0.717) is 25.0 Å². The quantitative estimate of drug-likeness (QED) is 0.728. The number of imide groups is 1. The van der Waals surface area contributed by atoms with Crippen LogP contribution in [0.25, 0.3) is 10.2 Å². The summed E-state index contributed by atoms with van der Waals surface area (Å²) in [4.78, 5) is 33.4. The van der Waals surface area contributed by atoms with E-state index in [9.17, 15) is 9.59 Å². The van der Waals surface area contributed by atoms with Gasteiger partial charge in [0.05, 0.1) is 42.1 Å². The summed E-state index contributed by atoms with van der Waals surface area (Å²) in [6.45, 7) is 6.66. The molecule has 3 aliphatic heterocycles. The summed E-state index contributed by atoms with van der Waals surface area (Å²) in [6.07, 6.45) is 0.166. The maximum absolute atomic E-state index is 13.2. The molecule has 0 bridgehead atoms. The molecule has 148 valence electrons. The molecule has 0 spiro atoms. The molecule has 2 aromatic rings. The van der Waals surface area contributed by atoms with Crippen LogP contribution in [-0.2, 0) is 15.9 Å². The Morgan fingerprint density at radius 1 is 1.29 bits per heavy atom. The van der Waals surface area contributed by atoms with Crippen molar-refractivity contribution in [3.05, 3.63) is 17.7 Å². The van der Waals surface area contributed by atoms with E-state index in [0.717, 1.165) is 28.0 Å². The van der Waals surface area contributed by atoms with Crippen molar-refractivity contribution in [1.82, 2.24) is 9.88 Å². The van der Waals surface area contributed by atoms with Crippen molar-refractivity contribution in [2.45, 2.75) is 44.9 Å². The lowest BCUT2D eigenvalue weighted by Gasteiger charge is -2.25. The number of fused-ring (bicyclic) bond motifs is 4. The first-order valence-corrected chi connectivity index (χ1v) is 10.1. The van der Waals surface area contributed by atoms with Gasteiger partial charge in [0, 0.05) is 12.0 Å². The van der Waals surface area contributed by atoms with Gasteiger partial charge in [-0.25, -0.2) is 19.5 Å². The fourth-order valence-corrected chi connectivity index (χ4v) is 4.98. The monoisotopic (exact) mass is 403 g/mol. The Bertz CT molecular complexity index is 982. The van der Waals surface area contributed by atoms with Crippen LogP contribution < -0.4 is 9.64 Å². The molecule has 2 saturated heterocycles. The summed E-state index contributed by atoms with van der Waals surface area (Å²) in [5.74, 6) is 0.856. The Balaban J connectivity index is 1.52. The van der Waals surface area contributed by atoms with Crippen molar-refractivity contribution < 1.29 is 23.8 Å². The number of aromatic nitrogens is 1. The predicted molar refractivity (Wildman–Crippen MR) is 103 cm³/mol. The van der Waals surface area contributed by atoms with Crippen molar-refractivity contribution in [3.63, 3.8) is 0 Å². The van der Waals surface area contributed by atoms with Gasteiger partial charge in [-0.1, -0.05) is 11.3 Å². The highest BCUT2D eigenvalue weighted by Gasteiger charge is 2.54. The average Bonchev–Trinajstić information content (AvgIpc) is 3.34. The van der Waals surface area contributed by atoms with Gasteiger partial charge in [-0.05, 0) is 32.9 Å². The van der Waals surface area contributed by atoms with Crippen molar-refractivity contribution in [2.75, 3.05) is 24.7 Å². The molecular weight excluding hydrogens is 382 g/mol. The number of carbonyl (C=O) groups is 2. The first-order valence-electron chi connectivity index (χ1n) is 9.32. The lowest BCUT2D eigenvalue weighted by atomic mass is 10.1. The summed E-state index contributed by atoms with van der Waals surface area (Å²) in [7, 11) is 0. The van der Waals surface area contributed by atoms with E-state index in [1.54, 1.807) is 25.7 Å². The first-order chi connectivity index (χ1) is 13.3. The number of hydrogen-bond acceptors (Lipinski definition) is 7. The zero-order valence-electron chi connectivity index (χ0n) is 15.9. The number of nitrogens with zero attached hydrogens (tertiary/aromatic N) is 3. The van der Waals surface area contributed by atoms with Gasteiger partial charge in [-0.15, -0.1) is 0 Å². The zero-order chi connectivity index (χ0) is 19.6. The fraction of sp³-hybridized carbons (Fsp3) is 0.526. The Hall–Kier alpha value is -2.39. The zero-order valence-corrected chi connectivity index (χ0v) is 16.7. The predicted octanol–water partition coefficient (Wildman–Crippen LogP) is 3.18. The van der Waals surface area contributed by atoms with E-state index in [1.807, 2.05) is 12.1 Å². The standard InChI is InChI=1S/C19H21N3O5S/c1-19(2,3)27-18(24)22-12-9-25-8-11(12)21(17(22)23)16-20-15-10-6-7-26-13(10)4-5-14(15)28-16/h4-5,11-12H,6-9H2,1-3H3/t11-,12+/m0/s1. The minimum atomic E-state index is -0.684. The second kappa shape index (κ2) is 6.05. The Kier molecular flexibility index (Phi) is 3.82. The molecule has 1 aromatic heterocycles. The molecule has 9 heteroatoms. The van der Waals surface area contributed by atoms with Crippen molar-refractivity contribution in [3.8, 4) is 5.75 Å². The van der Waals surface area contributed by atoms with Crippen LogP contribution in [0, 0.1) is 0 Å². The summed E-state index contributed by atoms with van der Waals surface area (Å²) in [6, 6.07) is 2.88. The number of benzene rings is 1. The molecule has 0 N–H and O–H groups in total. The maximum Gasteiger partial charge on any atom is 0.418 e. The second-order valence-corrected chi connectivity index (χ2v) is 9.17. The van der Waals surface area contributed by atoms with Crippen LogP contribution >= 0.6 is 11.3 Å². The van der Waals surface area contributed by atoms with E-state index >= 15 is 0 Å². The number of anilines is 1. The van der Waals surface area contributed by atoms with E-state index in [1.165, 1.54) is 16.2 Å². The lowest BCUT2D eigenvalue weighted by Crippen LogP contribution is -2.44. The molecule has 1 aromatic carbocycles. The molecule has 4 heterocycles. The highest BCUT2D eigenvalue weighted by molar-refractivity contribution is 7.22. The number of hydrogen-bond donors (Lipinski definition) is 0. The number of rotatable bonds is 1. The van der Waals surface area contributed by atoms with Crippen LogP contribution in [-0.4, -0.2) is 59.5 Å². The molecule has 0 saturated carbocycles. The van der Waals surface area contributed by atoms with E-state index in [2.05, 4.69) is 0 Å². The third-order valence-corrected chi connectivity index (χ3v) is 6.13. The molecule has 2 atom stereocenters. The topological polar surface area (TPSA) is 81.2 Å². The molecule has 0 radical (unpaired) electrons. The molecular formula is C19H21N3O5S. The minimum Gasteiger partial charge on any atom is -0.493 e. The lowest BCUT2D eigenvalue weighted by molar-refractivity contribution is 0.0275. The second-order valence-electron chi connectivity index (χ2n) is 8.16. The van der Waals surface area contributed by atoms with Crippen molar-refractivity contribution in [2.24, 2.45) is 0 Å². The summed E-state index contributed by atoms with van der Waals surface area (Å²) >= 11 is 1.44. The van der Waals surface area contributed by atoms with Gasteiger partial charge in [-0.2, -0.15) is 0 Å². The SMILES string of the molecule is CC(C)(C)OC(=O)N1C(=O)N(c2nc3c4c(ccc3s2)OCC4)[C@H]2COC[C@H]21. The third-order valence-electron chi connectivity index (χ3n) is 5.11. The van der Waals surface area contributed by atoms with Crippen LogP contribution in [0.1, 0.15) is 26.3 Å². The summed E-state index contributed by atoms with van der Waals surface area (Å²) < 4.78 is 17.7. The molecule has 5 rings (SSSR count). The van der Waals surface area contributed by atoms with Crippen LogP contribution in [0.15, 0.2) is 12.1 Å². The number of amides is 3. The normalized spacial score (nSPS) is 23.9.